The molecule has 172 valence electrons. The zero-order valence-electron chi connectivity index (χ0n) is 17.5. The van der Waals surface area contributed by atoms with Gasteiger partial charge in [-0.1, -0.05) is 11.3 Å². The number of carbonyl (C=O) groups is 1. The molecular formula is C23H16F2N4O4S. The van der Waals surface area contributed by atoms with E-state index in [2.05, 4.69) is 15.6 Å². The summed E-state index contributed by atoms with van der Waals surface area (Å²) >= 11 is 1.14. The zero-order chi connectivity index (χ0) is 24.2. The van der Waals surface area contributed by atoms with E-state index in [4.69, 9.17) is 4.74 Å². The van der Waals surface area contributed by atoms with Gasteiger partial charge in [0.1, 0.15) is 17.4 Å². The van der Waals surface area contributed by atoms with Crippen LogP contribution in [0.15, 0.2) is 66.7 Å². The van der Waals surface area contributed by atoms with Crippen LogP contribution in [0.5, 0.6) is 5.75 Å². The number of rotatable bonds is 6. The third-order valence-electron chi connectivity index (χ3n) is 4.73. The van der Waals surface area contributed by atoms with E-state index in [1.54, 1.807) is 43.5 Å². The Hall–Kier alpha value is -4.38. The van der Waals surface area contributed by atoms with Crippen LogP contribution < -0.4 is 15.4 Å². The first-order valence-electron chi connectivity index (χ1n) is 9.77. The number of anilines is 2. The van der Waals surface area contributed by atoms with Gasteiger partial charge in [0.25, 0.3) is 5.69 Å². The molecule has 0 atom stereocenters. The predicted octanol–water partition coefficient (Wildman–Crippen LogP) is 6.32. The number of nitrogens with zero attached hydrogens (tertiary/aromatic N) is 2. The zero-order valence-corrected chi connectivity index (χ0v) is 18.4. The van der Waals surface area contributed by atoms with Crippen LogP contribution in [0.2, 0.25) is 0 Å². The van der Waals surface area contributed by atoms with Crippen molar-refractivity contribution in [3.05, 3.63) is 88.5 Å². The molecule has 0 aliphatic rings. The fraction of sp³-hybridized carbons (Fsp3) is 0.0435. The van der Waals surface area contributed by atoms with Crippen molar-refractivity contribution in [1.82, 2.24) is 4.98 Å². The number of non-ortho nitro benzene ring substituents is 1. The highest BCUT2D eigenvalue weighted by Crippen LogP contribution is 2.40. The molecule has 0 aliphatic carbocycles. The third-order valence-corrected chi connectivity index (χ3v) is 5.75. The van der Waals surface area contributed by atoms with E-state index in [9.17, 15) is 23.7 Å². The van der Waals surface area contributed by atoms with Crippen molar-refractivity contribution < 1.29 is 23.2 Å². The maximum atomic E-state index is 13.9. The van der Waals surface area contributed by atoms with Crippen molar-refractivity contribution in [2.75, 3.05) is 17.7 Å². The minimum Gasteiger partial charge on any atom is -0.497 e. The molecule has 0 saturated heterocycles. The summed E-state index contributed by atoms with van der Waals surface area (Å²) in [5.41, 5.74) is 1.67. The number of nitro groups is 1. The fourth-order valence-corrected chi connectivity index (χ4v) is 4.08. The molecular weight excluding hydrogens is 466 g/mol. The predicted molar refractivity (Wildman–Crippen MR) is 125 cm³/mol. The van der Waals surface area contributed by atoms with Crippen molar-refractivity contribution in [2.45, 2.75) is 0 Å². The Morgan fingerprint density at radius 1 is 1.00 bits per heavy atom. The number of urea groups is 1. The van der Waals surface area contributed by atoms with E-state index in [-0.39, 0.29) is 16.5 Å². The molecule has 2 amide bonds. The van der Waals surface area contributed by atoms with Crippen LogP contribution in [-0.2, 0) is 0 Å². The summed E-state index contributed by atoms with van der Waals surface area (Å²) in [6.07, 6.45) is 0. The average Bonchev–Trinajstić information content (AvgIpc) is 3.24. The quantitative estimate of drug-likeness (QED) is 0.247. The second-order valence-corrected chi connectivity index (χ2v) is 7.93. The van der Waals surface area contributed by atoms with Crippen molar-refractivity contribution in [1.29, 1.82) is 0 Å². The maximum Gasteiger partial charge on any atom is 0.325 e. The monoisotopic (exact) mass is 482 g/mol. The lowest BCUT2D eigenvalue weighted by Crippen LogP contribution is -2.20. The van der Waals surface area contributed by atoms with Crippen LogP contribution in [0.3, 0.4) is 0 Å². The first-order valence-corrected chi connectivity index (χ1v) is 10.6. The lowest BCUT2D eigenvalue weighted by Gasteiger charge is -2.06. The van der Waals surface area contributed by atoms with E-state index >= 15 is 0 Å². The molecule has 1 aromatic heterocycles. The summed E-state index contributed by atoms with van der Waals surface area (Å²) in [4.78, 5) is 28.1. The summed E-state index contributed by atoms with van der Waals surface area (Å²) in [6.45, 7) is 0. The van der Waals surface area contributed by atoms with Crippen molar-refractivity contribution in [3.8, 4) is 27.4 Å². The van der Waals surface area contributed by atoms with Gasteiger partial charge in [-0.25, -0.2) is 18.6 Å². The standard InChI is InChI=1S/C23H16F2N4O4S/c1-33-17-9-4-13(5-10-17)20-21(14-2-7-16(8-3-14)29(31)32)34-23(27-20)28-22(30)26-19-11-6-15(24)12-18(19)25/h2-12H,1H3,(H2,26,27,28,30). The number of methoxy groups -OCH3 is 1. The lowest BCUT2D eigenvalue weighted by atomic mass is 10.1. The SMILES string of the molecule is COc1ccc(-c2nc(NC(=O)Nc3ccc(F)cc3F)sc2-c2ccc([N+](=O)[O-])cc2)cc1. The Morgan fingerprint density at radius 3 is 2.29 bits per heavy atom. The average molecular weight is 482 g/mol. The number of benzene rings is 3. The molecule has 2 N–H and O–H groups in total. The number of aromatic nitrogens is 1. The highest BCUT2D eigenvalue weighted by Gasteiger charge is 2.18. The summed E-state index contributed by atoms with van der Waals surface area (Å²) in [5.74, 6) is -1.03. The molecule has 0 saturated carbocycles. The number of carbonyl (C=O) groups excluding carboxylic acids is 1. The van der Waals surface area contributed by atoms with Gasteiger partial charge in [0, 0.05) is 23.8 Å². The van der Waals surface area contributed by atoms with Crippen molar-refractivity contribution >= 4 is 33.9 Å². The van der Waals surface area contributed by atoms with Crippen LogP contribution in [0.1, 0.15) is 0 Å². The molecule has 0 bridgehead atoms. The molecule has 0 aliphatic heterocycles. The van der Waals surface area contributed by atoms with Gasteiger partial charge in [0.15, 0.2) is 5.13 Å². The van der Waals surface area contributed by atoms with Crippen LogP contribution in [0, 0.1) is 21.7 Å². The molecule has 0 unspecified atom stereocenters. The molecule has 1 heterocycles. The number of hydrogen-bond acceptors (Lipinski definition) is 6. The summed E-state index contributed by atoms with van der Waals surface area (Å²) in [6, 6.07) is 15.1. The van der Waals surface area contributed by atoms with E-state index in [1.165, 1.54) is 12.1 Å². The Labute approximate surface area is 196 Å². The Kier molecular flexibility index (Phi) is 6.46. The van der Waals surface area contributed by atoms with E-state index in [0.29, 0.717) is 28.0 Å². The van der Waals surface area contributed by atoms with Gasteiger partial charge in [-0.15, -0.1) is 0 Å². The van der Waals surface area contributed by atoms with Gasteiger partial charge >= 0.3 is 6.03 Å². The van der Waals surface area contributed by atoms with Crippen LogP contribution in [-0.4, -0.2) is 23.0 Å². The van der Waals surface area contributed by atoms with Gasteiger partial charge in [-0.3, -0.25) is 15.4 Å². The first-order chi connectivity index (χ1) is 16.3. The number of ether oxygens (including phenoxy) is 1. The minimum atomic E-state index is -0.917. The third kappa shape index (κ3) is 4.99. The molecule has 11 heteroatoms. The molecule has 0 spiro atoms. The smallest absolute Gasteiger partial charge is 0.325 e. The minimum absolute atomic E-state index is 0.0571. The number of halogens is 2. The summed E-state index contributed by atoms with van der Waals surface area (Å²) in [7, 11) is 1.55. The number of nitro benzene ring substituents is 1. The lowest BCUT2D eigenvalue weighted by molar-refractivity contribution is -0.384. The second kappa shape index (κ2) is 9.63. The molecule has 3 aromatic carbocycles. The number of nitrogens with one attached hydrogen (secondary N) is 2. The van der Waals surface area contributed by atoms with Crippen molar-refractivity contribution in [3.63, 3.8) is 0 Å². The van der Waals surface area contributed by atoms with Crippen LogP contribution >= 0.6 is 11.3 Å². The topological polar surface area (TPSA) is 106 Å². The second-order valence-electron chi connectivity index (χ2n) is 6.93. The van der Waals surface area contributed by atoms with E-state index in [0.717, 1.165) is 29.0 Å². The summed E-state index contributed by atoms with van der Waals surface area (Å²) in [5, 5.41) is 16.1. The number of amides is 2. The first kappa shape index (κ1) is 22.8. The summed E-state index contributed by atoms with van der Waals surface area (Å²) < 4.78 is 32.1. The Balaban J connectivity index is 1.66. The van der Waals surface area contributed by atoms with E-state index < -0.39 is 22.6 Å². The van der Waals surface area contributed by atoms with Crippen LogP contribution in [0.4, 0.5) is 30.1 Å². The van der Waals surface area contributed by atoms with Gasteiger partial charge in [-0.05, 0) is 54.1 Å². The van der Waals surface area contributed by atoms with Crippen molar-refractivity contribution in [2.24, 2.45) is 0 Å². The molecule has 4 aromatic rings. The number of hydrogen-bond donors (Lipinski definition) is 2. The van der Waals surface area contributed by atoms with Gasteiger partial charge in [-0.2, -0.15) is 0 Å². The molecule has 4 rings (SSSR count). The van der Waals surface area contributed by atoms with Gasteiger partial charge in [0.05, 0.1) is 28.3 Å². The maximum absolute atomic E-state index is 13.9. The Bertz CT molecular complexity index is 1360. The Morgan fingerprint density at radius 2 is 1.68 bits per heavy atom. The molecule has 34 heavy (non-hydrogen) atoms. The van der Waals surface area contributed by atoms with E-state index in [1.807, 2.05) is 0 Å². The number of thiazole rings is 1. The largest absolute Gasteiger partial charge is 0.497 e. The molecule has 8 nitrogen and oxygen atoms in total. The fourth-order valence-electron chi connectivity index (χ4n) is 3.09. The van der Waals surface area contributed by atoms with Gasteiger partial charge < -0.3 is 10.1 Å². The van der Waals surface area contributed by atoms with Gasteiger partial charge in [0.2, 0.25) is 0 Å². The molecule has 0 fully saturated rings. The normalized spacial score (nSPS) is 10.6. The van der Waals surface area contributed by atoms with Crippen LogP contribution in [0.25, 0.3) is 21.7 Å². The molecule has 0 radical (unpaired) electrons. The highest BCUT2D eigenvalue weighted by molar-refractivity contribution is 7.19. The highest BCUT2D eigenvalue weighted by atomic mass is 32.1.